The van der Waals surface area contributed by atoms with E-state index in [0.717, 1.165) is 13.0 Å². The first-order chi connectivity index (χ1) is 10.6. The Morgan fingerprint density at radius 1 is 1.23 bits per heavy atom. The molecule has 0 saturated carbocycles. The van der Waals surface area contributed by atoms with Crippen molar-refractivity contribution in [2.45, 2.75) is 18.6 Å². The van der Waals surface area contributed by atoms with Gasteiger partial charge in [-0.25, -0.2) is 14.8 Å². The number of rotatable bonds is 3. The lowest BCUT2D eigenvalue weighted by atomic mass is 9.91. The number of ether oxygens (including phenoxy) is 2. The average molecular weight is 304 g/mol. The summed E-state index contributed by atoms with van der Waals surface area (Å²) in [6.45, 7) is 1.39. The maximum Gasteiger partial charge on any atom is 0.338 e. The Bertz CT molecular complexity index is 563. The van der Waals surface area contributed by atoms with E-state index < -0.39 is 18.0 Å². The molecular weight excluding hydrogens is 284 g/mol. The lowest BCUT2D eigenvalue weighted by molar-refractivity contribution is -0.165. The first kappa shape index (κ1) is 15.0. The second-order valence-electron chi connectivity index (χ2n) is 5.70. The molecule has 2 aliphatic rings. The van der Waals surface area contributed by atoms with Crippen molar-refractivity contribution in [3.63, 3.8) is 0 Å². The van der Waals surface area contributed by atoms with E-state index in [1.54, 1.807) is 24.3 Å². The monoisotopic (exact) mass is 304 g/mol. The van der Waals surface area contributed by atoms with Crippen molar-refractivity contribution in [2.75, 3.05) is 27.2 Å². The van der Waals surface area contributed by atoms with Gasteiger partial charge in [0, 0.05) is 19.6 Å². The van der Waals surface area contributed by atoms with Gasteiger partial charge in [0.15, 0.2) is 0 Å². The number of carbonyl (C=O) groups is 2. The fourth-order valence-electron chi connectivity index (χ4n) is 3.37. The Hall–Kier alpha value is -1.92. The van der Waals surface area contributed by atoms with Crippen LogP contribution in [0.25, 0.3) is 0 Å². The molecule has 6 nitrogen and oxygen atoms in total. The third-order valence-corrected chi connectivity index (χ3v) is 4.56. The molecule has 2 bridgehead atoms. The molecule has 2 aliphatic heterocycles. The second-order valence-corrected chi connectivity index (χ2v) is 5.70. The SMILES string of the molecule is COC(=O)[C@@H]1[C@@H](OC(=O)c2ccccc2)CN2CC[C@H]1N2C. The molecular formula is C16H20N2O4. The molecule has 0 N–H and O–H groups in total. The molecule has 1 aromatic rings. The van der Waals surface area contributed by atoms with Crippen molar-refractivity contribution in [3.05, 3.63) is 35.9 Å². The van der Waals surface area contributed by atoms with Crippen LogP contribution in [0.3, 0.4) is 0 Å². The molecule has 118 valence electrons. The summed E-state index contributed by atoms with van der Waals surface area (Å²) in [6, 6.07) is 8.86. The number of carbonyl (C=O) groups excluding carboxylic acids is 2. The molecule has 0 aromatic heterocycles. The molecule has 0 radical (unpaired) electrons. The van der Waals surface area contributed by atoms with Gasteiger partial charge in [-0.05, 0) is 18.6 Å². The fraction of sp³-hybridized carbons (Fsp3) is 0.500. The zero-order valence-corrected chi connectivity index (χ0v) is 12.8. The summed E-state index contributed by atoms with van der Waals surface area (Å²) in [5, 5.41) is 4.18. The third kappa shape index (κ3) is 2.60. The predicted octanol–water partition coefficient (Wildman–Crippen LogP) is 0.936. The summed E-state index contributed by atoms with van der Waals surface area (Å²) in [4.78, 5) is 24.4. The second kappa shape index (κ2) is 6.06. The van der Waals surface area contributed by atoms with Crippen LogP contribution in [-0.4, -0.2) is 61.3 Å². The Labute approximate surface area is 129 Å². The van der Waals surface area contributed by atoms with Crippen molar-refractivity contribution in [1.29, 1.82) is 0 Å². The van der Waals surface area contributed by atoms with Gasteiger partial charge in [-0.15, -0.1) is 0 Å². The van der Waals surface area contributed by atoms with Crippen molar-refractivity contribution in [2.24, 2.45) is 5.92 Å². The fourth-order valence-corrected chi connectivity index (χ4v) is 3.37. The van der Waals surface area contributed by atoms with Crippen molar-refractivity contribution in [1.82, 2.24) is 10.0 Å². The van der Waals surface area contributed by atoms with Gasteiger partial charge in [-0.2, -0.15) is 0 Å². The Kier molecular flexibility index (Phi) is 4.13. The van der Waals surface area contributed by atoms with E-state index in [9.17, 15) is 9.59 Å². The highest BCUT2D eigenvalue weighted by atomic mass is 16.6. The number of esters is 2. The van der Waals surface area contributed by atoms with Crippen LogP contribution < -0.4 is 0 Å². The number of fused-ring (bicyclic) bond motifs is 2. The highest BCUT2D eigenvalue weighted by molar-refractivity contribution is 5.89. The summed E-state index contributed by atoms with van der Waals surface area (Å²) in [7, 11) is 3.34. The van der Waals surface area contributed by atoms with Crippen LogP contribution in [0.15, 0.2) is 30.3 Å². The summed E-state index contributed by atoms with van der Waals surface area (Å²) in [5.41, 5.74) is 0.493. The van der Waals surface area contributed by atoms with Crippen LogP contribution in [0.5, 0.6) is 0 Å². The lowest BCUT2D eigenvalue weighted by Gasteiger charge is -2.41. The van der Waals surface area contributed by atoms with Gasteiger partial charge in [0.05, 0.1) is 19.2 Å². The van der Waals surface area contributed by atoms with E-state index in [2.05, 4.69) is 10.0 Å². The van der Waals surface area contributed by atoms with Gasteiger partial charge in [-0.3, -0.25) is 4.79 Å². The molecule has 2 fully saturated rings. The van der Waals surface area contributed by atoms with Gasteiger partial charge in [-0.1, -0.05) is 18.2 Å². The molecule has 2 heterocycles. The molecule has 6 heteroatoms. The first-order valence-electron chi connectivity index (χ1n) is 7.43. The van der Waals surface area contributed by atoms with E-state index in [-0.39, 0.29) is 12.0 Å². The van der Waals surface area contributed by atoms with Gasteiger partial charge < -0.3 is 9.47 Å². The maximum atomic E-state index is 12.3. The van der Waals surface area contributed by atoms with Gasteiger partial charge in [0.2, 0.25) is 0 Å². The summed E-state index contributed by atoms with van der Waals surface area (Å²) >= 11 is 0. The van der Waals surface area contributed by atoms with Gasteiger partial charge in [0.25, 0.3) is 0 Å². The summed E-state index contributed by atoms with van der Waals surface area (Å²) < 4.78 is 10.6. The van der Waals surface area contributed by atoms with Crippen LogP contribution in [0.1, 0.15) is 16.8 Å². The molecule has 1 aromatic carbocycles. The molecule has 2 saturated heterocycles. The molecule has 22 heavy (non-hydrogen) atoms. The van der Waals surface area contributed by atoms with Crippen LogP contribution in [0.2, 0.25) is 0 Å². The van der Waals surface area contributed by atoms with Crippen LogP contribution in [0, 0.1) is 5.92 Å². The standard InChI is InChI=1S/C16H20N2O4/c1-17-12-8-9-18(17)10-13(14(12)16(20)21-2)22-15(19)11-6-4-3-5-7-11/h3-7,12-14H,8-10H2,1-2H3/t12-,13+,14+/m1/s1. The van der Waals surface area contributed by atoms with E-state index in [1.165, 1.54) is 7.11 Å². The Morgan fingerprint density at radius 2 is 1.95 bits per heavy atom. The largest absolute Gasteiger partial charge is 0.469 e. The highest BCUT2D eigenvalue weighted by Gasteiger charge is 2.50. The third-order valence-electron chi connectivity index (χ3n) is 4.56. The maximum absolute atomic E-state index is 12.3. The van der Waals surface area contributed by atoms with Crippen molar-refractivity contribution in [3.8, 4) is 0 Å². The van der Waals surface area contributed by atoms with Gasteiger partial charge >= 0.3 is 11.9 Å². The van der Waals surface area contributed by atoms with Crippen LogP contribution in [0.4, 0.5) is 0 Å². The molecule has 3 rings (SSSR count). The topological polar surface area (TPSA) is 59.1 Å². The van der Waals surface area contributed by atoms with Gasteiger partial charge in [0.1, 0.15) is 12.0 Å². The minimum atomic E-state index is -0.483. The van der Waals surface area contributed by atoms with E-state index in [1.807, 2.05) is 13.1 Å². The van der Waals surface area contributed by atoms with Crippen LogP contribution >= 0.6 is 0 Å². The van der Waals surface area contributed by atoms with E-state index in [0.29, 0.717) is 12.1 Å². The molecule has 0 aliphatic carbocycles. The zero-order valence-electron chi connectivity index (χ0n) is 12.8. The number of methoxy groups -OCH3 is 1. The zero-order chi connectivity index (χ0) is 15.7. The van der Waals surface area contributed by atoms with E-state index >= 15 is 0 Å². The smallest absolute Gasteiger partial charge is 0.338 e. The number of hydrogen-bond acceptors (Lipinski definition) is 6. The number of nitrogens with zero attached hydrogens (tertiary/aromatic N) is 2. The van der Waals surface area contributed by atoms with Crippen LogP contribution in [-0.2, 0) is 14.3 Å². The number of benzene rings is 1. The Balaban J connectivity index is 1.79. The van der Waals surface area contributed by atoms with Crippen molar-refractivity contribution >= 4 is 11.9 Å². The Morgan fingerprint density at radius 3 is 2.64 bits per heavy atom. The molecule has 0 amide bonds. The minimum Gasteiger partial charge on any atom is -0.469 e. The minimum absolute atomic E-state index is 0.0229. The predicted molar refractivity (Wildman–Crippen MR) is 78.9 cm³/mol. The summed E-state index contributed by atoms with van der Waals surface area (Å²) in [5.74, 6) is -1.16. The first-order valence-corrected chi connectivity index (χ1v) is 7.43. The summed E-state index contributed by atoms with van der Waals surface area (Å²) in [6.07, 6.45) is 0.388. The molecule has 0 spiro atoms. The quantitative estimate of drug-likeness (QED) is 0.775. The molecule has 1 unspecified atom stereocenters. The lowest BCUT2D eigenvalue weighted by Crippen LogP contribution is -2.58. The van der Waals surface area contributed by atoms with Crippen molar-refractivity contribution < 1.29 is 19.1 Å². The normalized spacial score (nSPS) is 30.8. The highest BCUT2D eigenvalue weighted by Crippen LogP contribution is 2.34. The molecule has 4 atom stereocenters. The van der Waals surface area contributed by atoms with E-state index in [4.69, 9.17) is 9.47 Å². The number of hydrazine groups is 1. The number of hydrogen-bond donors (Lipinski definition) is 0. The average Bonchev–Trinajstić information content (AvgIpc) is 2.78.